The topological polar surface area (TPSA) is 184 Å². The molecule has 60 heavy (non-hydrogen) atoms. The predicted octanol–water partition coefficient (Wildman–Crippen LogP) is 6.12. The molecule has 5 unspecified atom stereocenters. The molecule has 0 bridgehead atoms. The molecule has 4 N–H and O–H groups in total. The Kier molecular flexibility index (Phi) is 13.5. The van der Waals surface area contributed by atoms with Gasteiger partial charge in [-0.15, -0.1) is 0 Å². The number of aromatic amines is 2. The second-order valence-corrected chi connectivity index (χ2v) is 15.7. The largest absolute Gasteiger partial charge is 0.453 e. The molecular formula is C45H54N8O7. The van der Waals surface area contributed by atoms with Crippen molar-refractivity contribution in [3.05, 3.63) is 83.7 Å². The standard InChI is InChI=1S/C45H54N8O7/c1-5-28(2)38(50-44(56)58-3)42(54)52-22-6-8-36(52)40-46-26-34(48-40)31-16-12-29(13-17-31)10-11-30-14-18-32(19-15-30)35-27-47-41(49-35)37-9-7-23-53(37)43(55)39(51-45(57)59-4)33-20-24-60-25-21-33/h12-19,26-28,33,36-39H,5-9,20-25H2,1-4H3,(H,46,48)(H,47,49)(H,50,56)(H,51,57). The van der Waals surface area contributed by atoms with E-state index in [0.29, 0.717) is 45.0 Å². The second kappa shape index (κ2) is 19.3. The van der Waals surface area contributed by atoms with Crippen molar-refractivity contribution in [3.63, 3.8) is 0 Å². The molecule has 7 rings (SSSR count). The number of hydrogen-bond acceptors (Lipinski definition) is 9. The lowest BCUT2D eigenvalue weighted by Crippen LogP contribution is -2.53. The van der Waals surface area contributed by atoms with E-state index in [0.717, 1.165) is 71.6 Å². The van der Waals surface area contributed by atoms with Crippen LogP contribution in [0.5, 0.6) is 0 Å². The van der Waals surface area contributed by atoms with Crippen molar-refractivity contribution in [1.29, 1.82) is 0 Å². The highest BCUT2D eigenvalue weighted by molar-refractivity contribution is 5.87. The molecule has 5 heterocycles. The number of benzene rings is 2. The number of amides is 4. The smallest absolute Gasteiger partial charge is 0.407 e. The molecule has 0 aliphatic carbocycles. The molecule has 15 heteroatoms. The Labute approximate surface area is 350 Å². The first-order chi connectivity index (χ1) is 29.2. The zero-order chi connectivity index (χ0) is 42.2. The first-order valence-electron chi connectivity index (χ1n) is 20.9. The monoisotopic (exact) mass is 818 g/mol. The molecule has 4 aromatic rings. The van der Waals surface area contributed by atoms with Crippen LogP contribution in [0.25, 0.3) is 22.5 Å². The van der Waals surface area contributed by atoms with Crippen LogP contribution < -0.4 is 10.6 Å². The lowest BCUT2D eigenvalue weighted by molar-refractivity contribution is -0.137. The lowest BCUT2D eigenvalue weighted by atomic mass is 9.90. The Morgan fingerprint density at radius 2 is 1.23 bits per heavy atom. The molecule has 15 nitrogen and oxygen atoms in total. The highest BCUT2D eigenvalue weighted by Crippen LogP contribution is 2.35. The third-order valence-corrected chi connectivity index (χ3v) is 12.0. The van der Waals surface area contributed by atoms with E-state index in [4.69, 9.17) is 19.2 Å². The molecule has 316 valence electrons. The number of alkyl carbamates (subject to hydrolysis) is 2. The molecule has 3 saturated heterocycles. The third kappa shape index (κ3) is 9.50. The van der Waals surface area contributed by atoms with Crippen molar-refractivity contribution in [2.24, 2.45) is 11.8 Å². The Bertz CT molecular complexity index is 2180. The minimum absolute atomic E-state index is 0.0290. The number of imidazole rings is 2. The van der Waals surface area contributed by atoms with Crippen LogP contribution in [0.4, 0.5) is 9.59 Å². The van der Waals surface area contributed by atoms with E-state index in [2.05, 4.69) is 37.4 Å². The number of ether oxygens (including phenoxy) is 3. The van der Waals surface area contributed by atoms with E-state index in [1.165, 1.54) is 14.2 Å². The van der Waals surface area contributed by atoms with Gasteiger partial charge in [-0.05, 0) is 85.8 Å². The van der Waals surface area contributed by atoms with Crippen LogP contribution in [-0.4, -0.2) is 106 Å². The van der Waals surface area contributed by atoms with Gasteiger partial charge in [0.1, 0.15) is 23.7 Å². The quantitative estimate of drug-likeness (QED) is 0.130. The van der Waals surface area contributed by atoms with Crippen molar-refractivity contribution < 1.29 is 33.4 Å². The fourth-order valence-electron chi connectivity index (χ4n) is 8.39. The summed E-state index contributed by atoms with van der Waals surface area (Å²) in [5.74, 6) is 7.61. The van der Waals surface area contributed by atoms with E-state index >= 15 is 0 Å². The fourth-order valence-corrected chi connectivity index (χ4v) is 8.39. The first-order valence-corrected chi connectivity index (χ1v) is 20.9. The van der Waals surface area contributed by atoms with E-state index in [9.17, 15) is 19.2 Å². The van der Waals surface area contributed by atoms with E-state index in [-0.39, 0.29) is 35.7 Å². The maximum Gasteiger partial charge on any atom is 0.407 e. The molecule has 3 aliphatic heterocycles. The summed E-state index contributed by atoms with van der Waals surface area (Å²) in [7, 11) is 2.60. The average Bonchev–Trinajstić information content (AvgIpc) is 4.14. The Hall–Kier alpha value is -6.14. The van der Waals surface area contributed by atoms with Crippen LogP contribution in [0.3, 0.4) is 0 Å². The number of methoxy groups -OCH3 is 2. The highest BCUT2D eigenvalue weighted by Gasteiger charge is 2.41. The van der Waals surface area contributed by atoms with Gasteiger partial charge >= 0.3 is 12.2 Å². The summed E-state index contributed by atoms with van der Waals surface area (Å²) in [6.07, 6.45) is 7.70. The predicted molar refractivity (Wildman–Crippen MR) is 223 cm³/mol. The average molecular weight is 819 g/mol. The van der Waals surface area contributed by atoms with Crippen LogP contribution in [-0.2, 0) is 23.8 Å². The van der Waals surface area contributed by atoms with Gasteiger partial charge in [0.15, 0.2) is 0 Å². The van der Waals surface area contributed by atoms with Gasteiger partial charge in [-0.25, -0.2) is 19.6 Å². The first kappa shape index (κ1) is 42.0. The molecule has 2 aromatic heterocycles. The van der Waals surface area contributed by atoms with Crippen LogP contribution >= 0.6 is 0 Å². The molecule has 4 amide bonds. The van der Waals surface area contributed by atoms with Gasteiger partial charge in [-0.2, -0.15) is 0 Å². The summed E-state index contributed by atoms with van der Waals surface area (Å²) in [6, 6.07) is 14.1. The summed E-state index contributed by atoms with van der Waals surface area (Å²) >= 11 is 0. The number of H-pyrrole nitrogens is 2. The number of hydrogen-bond donors (Lipinski definition) is 4. The summed E-state index contributed by atoms with van der Waals surface area (Å²) in [6.45, 7) is 6.24. The SMILES string of the molecule is CCC(C)C(NC(=O)OC)C(=O)N1CCCC1c1ncc(-c2ccc(C#Cc3ccc(-c4cnc(C5CCCN5C(=O)C(NC(=O)OC)C5CCOCC5)[nH]4)cc3)cc2)[nH]1. The van der Waals surface area contributed by atoms with Crippen LogP contribution in [0.15, 0.2) is 60.9 Å². The van der Waals surface area contributed by atoms with Crippen LogP contribution in [0.2, 0.25) is 0 Å². The Morgan fingerprint density at radius 1 is 0.750 bits per heavy atom. The van der Waals surface area contributed by atoms with Crippen molar-refractivity contribution >= 4 is 24.0 Å². The summed E-state index contributed by atoms with van der Waals surface area (Å²) in [4.78, 5) is 71.8. The summed E-state index contributed by atoms with van der Waals surface area (Å²) in [5.41, 5.74) is 5.30. The summed E-state index contributed by atoms with van der Waals surface area (Å²) < 4.78 is 15.2. The molecule has 0 spiro atoms. The Morgan fingerprint density at radius 3 is 1.72 bits per heavy atom. The summed E-state index contributed by atoms with van der Waals surface area (Å²) in [5, 5.41) is 5.54. The van der Waals surface area contributed by atoms with E-state index in [1.54, 1.807) is 12.4 Å². The number of carbonyl (C=O) groups excluding carboxylic acids is 4. The minimum Gasteiger partial charge on any atom is -0.453 e. The van der Waals surface area contributed by atoms with Gasteiger partial charge in [-0.1, -0.05) is 56.4 Å². The maximum absolute atomic E-state index is 13.9. The molecule has 2 aromatic carbocycles. The van der Waals surface area contributed by atoms with Gasteiger partial charge in [0, 0.05) is 37.4 Å². The van der Waals surface area contributed by atoms with Gasteiger partial charge < -0.3 is 44.6 Å². The Balaban J connectivity index is 0.972. The number of likely N-dealkylation sites (tertiary alicyclic amines) is 2. The number of nitrogens with one attached hydrogen (secondary N) is 4. The molecule has 0 radical (unpaired) electrons. The normalized spacial score (nSPS) is 19.5. The van der Waals surface area contributed by atoms with Crippen molar-refractivity contribution in [2.45, 2.75) is 83.0 Å². The molecular weight excluding hydrogens is 765 g/mol. The van der Waals surface area contributed by atoms with Crippen molar-refractivity contribution in [1.82, 2.24) is 40.4 Å². The second-order valence-electron chi connectivity index (χ2n) is 15.7. The van der Waals surface area contributed by atoms with Crippen molar-refractivity contribution in [2.75, 3.05) is 40.5 Å². The van der Waals surface area contributed by atoms with Gasteiger partial charge in [0.25, 0.3) is 0 Å². The zero-order valence-electron chi connectivity index (χ0n) is 34.7. The third-order valence-electron chi connectivity index (χ3n) is 12.0. The molecule has 3 aliphatic rings. The lowest BCUT2D eigenvalue weighted by Gasteiger charge is -2.34. The van der Waals surface area contributed by atoms with Gasteiger partial charge in [0.05, 0.1) is 50.1 Å². The minimum atomic E-state index is -0.686. The van der Waals surface area contributed by atoms with Crippen molar-refractivity contribution in [3.8, 4) is 34.4 Å². The van der Waals surface area contributed by atoms with Crippen LogP contribution in [0, 0.1) is 23.7 Å². The molecule has 0 saturated carbocycles. The number of carbonyl (C=O) groups is 4. The molecule has 3 fully saturated rings. The number of aromatic nitrogens is 4. The fraction of sp³-hybridized carbons (Fsp3) is 0.467. The van der Waals surface area contributed by atoms with E-state index in [1.807, 2.05) is 72.2 Å². The van der Waals surface area contributed by atoms with E-state index < -0.39 is 24.3 Å². The van der Waals surface area contributed by atoms with Gasteiger partial charge in [0.2, 0.25) is 11.8 Å². The maximum atomic E-state index is 13.9. The number of rotatable bonds is 11. The van der Waals surface area contributed by atoms with Gasteiger partial charge in [-0.3, -0.25) is 9.59 Å². The van der Waals surface area contributed by atoms with Crippen LogP contribution in [0.1, 0.15) is 93.7 Å². The zero-order valence-corrected chi connectivity index (χ0v) is 34.7. The number of nitrogens with zero attached hydrogens (tertiary/aromatic N) is 4. The molecule has 5 atom stereocenters. The highest BCUT2D eigenvalue weighted by atomic mass is 16.5.